The predicted molar refractivity (Wildman–Crippen MR) is 81.3 cm³/mol. The van der Waals surface area contributed by atoms with Crippen LogP contribution in [0.1, 0.15) is 53.4 Å². The number of halogens is 1. The zero-order valence-corrected chi connectivity index (χ0v) is 12.9. The molecule has 0 unspecified atom stereocenters. The van der Waals surface area contributed by atoms with Gasteiger partial charge in [0.1, 0.15) is 17.0 Å². The van der Waals surface area contributed by atoms with Gasteiger partial charge in [-0.25, -0.2) is 4.39 Å². The molecule has 0 atom stereocenters. The molecule has 0 radical (unpaired) electrons. The van der Waals surface area contributed by atoms with Crippen LogP contribution in [0.4, 0.5) is 4.39 Å². The Morgan fingerprint density at radius 2 is 1.86 bits per heavy atom. The van der Waals surface area contributed by atoms with Gasteiger partial charge in [0, 0.05) is 11.0 Å². The van der Waals surface area contributed by atoms with E-state index in [2.05, 4.69) is 0 Å². The van der Waals surface area contributed by atoms with Gasteiger partial charge in [-0.3, -0.25) is 9.59 Å². The Morgan fingerprint density at radius 3 is 2.41 bits per heavy atom. The number of carbonyl (C=O) groups excluding carboxylic acids is 1. The highest BCUT2D eigenvalue weighted by Gasteiger charge is 2.71. The standard InChI is InChI=1S/C18H17FO3/c1-9-4-12(11(3)20)15-13(5-9)14(21)10(2)16(22-15)17-6-18(19,7-17)8-17/h4-5H,6-8H2,1-3H3. The molecular weight excluding hydrogens is 283 g/mol. The van der Waals surface area contributed by atoms with Gasteiger partial charge in [-0.15, -0.1) is 0 Å². The van der Waals surface area contributed by atoms with E-state index in [1.165, 1.54) is 6.92 Å². The summed E-state index contributed by atoms with van der Waals surface area (Å²) in [6.45, 7) is 5.05. The fourth-order valence-corrected chi connectivity index (χ4v) is 4.21. The second-order valence-electron chi connectivity index (χ2n) is 7.09. The third-order valence-corrected chi connectivity index (χ3v) is 5.19. The maximum Gasteiger partial charge on any atom is 0.195 e. The summed E-state index contributed by atoms with van der Waals surface area (Å²) in [5.41, 5.74) is 0.679. The number of rotatable bonds is 2. The van der Waals surface area contributed by atoms with Gasteiger partial charge in [-0.2, -0.15) is 0 Å². The first-order valence-electron chi connectivity index (χ1n) is 7.53. The second-order valence-corrected chi connectivity index (χ2v) is 7.09. The van der Waals surface area contributed by atoms with Gasteiger partial charge in [0.25, 0.3) is 0 Å². The van der Waals surface area contributed by atoms with Crippen molar-refractivity contribution in [1.82, 2.24) is 0 Å². The van der Waals surface area contributed by atoms with Gasteiger partial charge in [-0.05, 0) is 57.7 Å². The van der Waals surface area contributed by atoms with Crippen LogP contribution in [0.15, 0.2) is 21.3 Å². The number of hydrogen-bond acceptors (Lipinski definition) is 3. The molecule has 3 aliphatic carbocycles. The summed E-state index contributed by atoms with van der Waals surface area (Å²) in [6, 6.07) is 3.49. The minimum Gasteiger partial charge on any atom is -0.459 e. The molecule has 0 saturated heterocycles. The fourth-order valence-electron chi connectivity index (χ4n) is 4.21. The van der Waals surface area contributed by atoms with Crippen LogP contribution in [0, 0.1) is 13.8 Å². The molecule has 5 rings (SSSR count). The lowest BCUT2D eigenvalue weighted by Crippen LogP contribution is -2.67. The highest BCUT2D eigenvalue weighted by atomic mass is 19.1. The Kier molecular flexibility index (Phi) is 2.40. The number of ketones is 1. The van der Waals surface area contributed by atoms with Crippen LogP contribution in [0.3, 0.4) is 0 Å². The number of carbonyl (C=O) groups is 1. The molecule has 0 amide bonds. The zero-order chi connectivity index (χ0) is 15.9. The van der Waals surface area contributed by atoms with Gasteiger partial charge in [-0.1, -0.05) is 0 Å². The van der Waals surface area contributed by atoms with Gasteiger partial charge >= 0.3 is 0 Å². The number of fused-ring (bicyclic) bond motifs is 1. The fraction of sp³-hybridized carbons (Fsp3) is 0.444. The monoisotopic (exact) mass is 300 g/mol. The third kappa shape index (κ3) is 1.55. The van der Waals surface area contributed by atoms with Crippen molar-refractivity contribution in [3.8, 4) is 0 Å². The van der Waals surface area contributed by atoms with E-state index in [0.29, 0.717) is 47.1 Å². The summed E-state index contributed by atoms with van der Waals surface area (Å²) in [7, 11) is 0. The number of aryl methyl sites for hydroxylation is 1. The first-order chi connectivity index (χ1) is 10.2. The van der Waals surface area contributed by atoms with Crippen LogP contribution in [-0.4, -0.2) is 11.5 Å². The number of benzene rings is 1. The van der Waals surface area contributed by atoms with Crippen molar-refractivity contribution >= 4 is 16.8 Å². The van der Waals surface area contributed by atoms with Crippen molar-refractivity contribution in [2.75, 3.05) is 0 Å². The number of hydrogen-bond donors (Lipinski definition) is 0. The Bertz CT molecular complexity index is 887. The van der Waals surface area contributed by atoms with Gasteiger partial charge in [0.05, 0.1) is 10.9 Å². The molecule has 1 heterocycles. The molecule has 3 nitrogen and oxygen atoms in total. The normalized spacial score (nSPS) is 29.1. The van der Waals surface area contributed by atoms with Gasteiger partial charge in [0.2, 0.25) is 0 Å². The smallest absolute Gasteiger partial charge is 0.195 e. The molecule has 2 bridgehead atoms. The van der Waals surface area contributed by atoms with E-state index in [4.69, 9.17) is 4.42 Å². The minimum atomic E-state index is -1.06. The summed E-state index contributed by atoms with van der Waals surface area (Å²) >= 11 is 0. The molecule has 1 aromatic carbocycles. The van der Waals surface area contributed by atoms with Crippen LogP contribution in [0.2, 0.25) is 0 Å². The Hall–Kier alpha value is -1.97. The average Bonchev–Trinajstić information content (AvgIpc) is 2.38. The molecule has 0 N–H and O–H groups in total. The molecule has 3 saturated carbocycles. The first kappa shape index (κ1) is 13.7. The van der Waals surface area contributed by atoms with Crippen molar-refractivity contribution in [3.63, 3.8) is 0 Å². The van der Waals surface area contributed by atoms with Crippen molar-refractivity contribution in [2.45, 2.75) is 51.1 Å². The molecular formula is C18H17FO3. The molecule has 1 aromatic heterocycles. The summed E-state index contributed by atoms with van der Waals surface area (Å²) < 4.78 is 19.9. The Balaban J connectivity index is 2.03. The number of Topliss-reactive ketones (excluding diaryl/α,β-unsaturated/α-hetero) is 1. The third-order valence-electron chi connectivity index (χ3n) is 5.19. The van der Waals surface area contributed by atoms with E-state index in [0.717, 1.165) is 5.56 Å². The van der Waals surface area contributed by atoms with Gasteiger partial charge in [0.15, 0.2) is 11.2 Å². The van der Waals surface area contributed by atoms with E-state index >= 15 is 0 Å². The quantitative estimate of drug-likeness (QED) is 0.793. The topological polar surface area (TPSA) is 47.3 Å². The molecule has 3 aliphatic rings. The summed E-state index contributed by atoms with van der Waals surface area (Å²) in [6.07, 6.45) is 1.28. The molecule has 3 fully saturated rings. The maximum atomic E-state index is 13.8. The summed E-state index contributed by atoms with van der Waals surface area (Å²) in [5.74, 6) is 0.446. The van der Waals surface area contributed by atoms with Crippen molar-refractivity contribution < 1.29 is 13.6 Å². The first-order valence-corrected chi connectivity index (χ1v) is 7.53. The predicted octanol–water partition coefficient (Wildman–Crippen LogP) is 3.76. The lowest BCUT2D eigenvalue weighted by atomic mass is 9.41. The van der Waals surface area contributed by atoms with Crippen LogP contribution < -0.4 is 5.43 Å². The molecule has 0 spiro atoms. The SMILES string of the molecule is CC(=O)c1cc(C)cc2c(=O)c(C)c(C34CC(F)(C3)C4)oc12. The van der Waals surface area contributed by atoms with Crippen molar-refractivity contribution in [1.29, 1.82) is 0 Å². The lowest BCUT2D eigenvalue weighted by Gasteiger charge is -2.65. The van der Waals surface area contributed by atoms with Crippen LogP contribution in [-0.2, 0) is 5.41 Å². The van der Waals surface area contributed by atoms with E-state index in [1.54, 1.807) is 19.1 Å². The largest absolute Gasteiger partial charge is 0.459 e. The average molecular weight is 300 g/mol. The highest BCUT2D eigenvalue weighted by Crippen LogP contribution is 2.70. The van der Waals surface area contributed by atoms with Crippen LogP contribution in [0.5, 0.6) is 0 Å². The Morgan fingerprint density at radius 1 is 1.23 bits per heavy atom. The molecule has 114 valence electrons. The van der Waals surface area contributed by atoms with E-state index in [1.807, 2.05) is 6.92 Å². The molecule has 22 heavy (non-hydrogen) atoms. The zero-order valence-electron chi connectivity index (χ0n) is 12.9. The second kappa shape index (κ2) is 3.86. The van der Waals surface area contributed by atoms with Crippen LogP contribution >= 0.6 is 0 Å². The van der Waals surface area contributed by atoms with Crippen LogP contribution in [0.25, 0.3) is 11.0 Å². The Labute approximate surface area is 127 Å². The van der Waals surface area contributed by atoms with E-state index in [-0.39, 0.29) is 16.6 Å². The molecule has 2 aromatic rings. The maximum absolute atomic E-state index is 13.8. The van der Waals surface area contributed by atoms with E-state index < -0.39 is 5.67 Å². The van der Waals surface area contributed by atoms with Crippen molar-refractivity contribution in [3.05, 3.63) is 44.8 Å². The highest BCUT2D eigenvalue weighted by molar-refractivity contribution is 6.05. The lowest BCUT2D eigenvalue weighted by molar-refractivity contribution is -0.167. The van der Waals surface area contributed by atoms with Crippen molar-refractivity contribution in [2.24, 2.45) is 0 Å². The van der Waals surface area contributed by atoms with Gasteiger partial charge < -0.3 is 4.42 Å². The van der Waals surface area contributed by atoms with E-state index in [9.17, 15) is 14.0 Å². The minimum absolute atomic E-state index is 0.111. The summed E-state index contributed by atoms with van der Waals surface area (Å²) in [5, 5.41) is 0.438. The summed E-state index contributed by atoms with van der Waals surface area (Å²) in [4.78, 5) is 24.6. The molecule has 4 heteroatoms. The number of alkyl halides is 1. The molecule has 0 aliphatic heterocycles.